The molecule has 0 unspecified atom stereocenters. The van der Waals surface area contributed by atoms with Crippen molar-refractivity contribution < 1.29 is 14.7 Å². The lowest BCUT2D eigenvalue weighted by Gasteiger charge is -2.20. The lowest BCUT2D eigenvalue weighted by Crippen LogP contribution is -2.46. The zero-order valence-corrected chi connectivity index (χ0v) is 13.5. The first-order valence-electron chi connectivity index (χ1n) is 6.10. The van der Waals surface area contributed by atoms with Crippen LogP contribution in [0.3, 0.4) is 0 Å². The van der Waals surface area contributed by atoms with Crippen LogP contribution in [0.1, 0.15) is 20.3 Å². The van der Waals surface area contributed by atoms with Crippen LogP contribution in [0.2, 0.25) is 5.02 Å². The third-order valence-electron chi connectivity index (χ3n) is 2.94. The number of hydrogen-bond donors (Lipinski definition) is 3. The molecule has 0 bridgehead atoms. The first-order chi connectivity index (χ1) is 9.35. The molecular weight excluding hydrogens is 348 g/mol. The zero-order valence-electron chi connectivity index (χ0n) is 11.1. The number of rotatable bonds is 5. The van der Waals surface area contributed by atoms with Crippen molar-refractivity contribution in [2.45, 2.75) is 26.3 Å². The highest BCUT2D eigenvalue weighted by Gasteiger charge is 2.25. The monoisotopic (exact) mass is 362 g/mol. The van der Waals surface area contributed by atoms with Gasteiger partial charge in [-0.25, -0.2) is 9.59 Å². The molecule has 1 aromatic carbocycles. The van der Waals surface area contributed by atoms with Crippen LogP contribution in [0.5, 0.6) is 0 Å². The van der Waals surface area contributed by atoms with E-state index in [4.69, 9.17) is 16.7 Å². The fraction of sp³-hybridized carbons (Fsp3) is 0.385. The number of carboxylic acids is 1. The summed E-state index contributed by atoms with van der Waals surface area (Å²) in [5.41, 5.74) is 0.514. The minimum atomic E-state index is -1.05. The Bertz CT molecular complexity index is 510. The van der Waals surface area contributed by atoms with Crippen LogP contribution in [0, 0.1) is 5.92 Å². The Morgan fingerprint density at radius 2 is 2.10 bits per heavy atom. The number of halogens is 2. The van der Waals surface area contributed by atoms with Crippen LogP contribution in [0.4, 0.5) is 10.5 Å². The molecule has 0 aliphatic heterocycles. The highest BCUT2D eigenvalue weighted by molar-refractivity contribution is 9.10. The molecule has 0 fully saturated rings. The van der Waals surface area contributed by atoms with Gasteiger partial charge in [-0.05, 0) is 40.0 Å². The molecule has 0 saturated heterocycles. The Kier molecular flexibility index (Phi) is 6.29. The van der Waals surface area contributed by atoms with E-state index in [1.54, 1.807) is 25.1 Å². The van der Waals surface area contributed by atoms with Gasteiger partial charge in [0.15, 0.2) is 0 Å². The van der Waals surface area contributed by atoms with E-state index in [-0.39, 0.29) is 5.92 Å². The molecule has 0 spiro atoms. The van der Waals surface area contributed by atoms with E-state index in [1.807, 2.05) is 6.92 Å². The van der Waals surface area contributed by atoms with Crippen LogP contribution in [-0.4, -0.2) is 23.1 Å². The van der Waals surface area contributed by atoms with Crippen molar-refractivity contribution in [1.82, 2.24) is 5.32 Å². The molecule has 0 aliphatic rings. The summed E-state index contributed by atoms with van der Waals surface area (Å²) in [4.78, 5) is 23.0. The van der Waals surface area contributed by atoms with Gasteiger partial charge in [0, 0.05) is 9.50 Å². The lowest BCUT2D eigenvalue weighted by molar-refractivity contribution is -0.140. The van der Waals surface area contributed by atoms with Crippen molar-refractivity contribution >= 4 is 45.2 Å². The lowest BCUT2D eigenvalue weighted by atomic mass is 9.99. The zero-order chi connectivity index (χ0) is 15.3. The van der Waals surface area contributed by atoms with Gasteiger partial charge in [0.25, 0.3) is 0 Å². The van der Waals surface area contributed by atoms with E-state index in [9.17, 15) is 9.59 Å². The molecule has 0 aromatic heterocycles. The topological polar surface area (TPSA) is 78.4 Å². The third kappa shape index (κ3) is 4.68. The second-order valence-electron chi connectivity index (χ2n) is 4.42. The quantitative estimate of drug-likeness (QED) is 0.746. The van der Waals surface area contributed by atoms with Crippen LogP contribution >= 0.6 is 27.5 Å². The minimum absolute atomic E-state index is 0.160. The van der Waals surface area contributed by atoms with Crippen molar-refractivity contribution in [3.8, 4) is 0 Å². The van der Waals surface area contributed by atoms with E-state index in [0.29, 0.717) is 21.6 Å². The molecule has 7 heteroatoms. The van der Waals surface area contributed by atoms with E-state index < -0.39 is 18.0 Å². The van der Waals surface area contributed by atoms with Gasteiger partial charge in [-0.1, -0.05) is 31.9 Å². The Labute approximate surface area is 130 Å². The average Bonchev–Trinajstić information content (AvgIpc) is 2.38. The number of anilines is 1. The number of benzene rings is 1. The fourth-order valence-corrected chi connectivity index (χ4v) is 2.36. The molecule has 1 rings (SSSR count). The Morgan fingerprint density at radius 3 is 2.60 bits per heavy atom. The summed E-state index contributed by atoms with van der Waals surface area (Å²) in [7, 11) is 0. The molecule has 0 saturated carbocycles. The van der Waals surface area contributed by atoms with Gasteiger partial charge in [0.05, 0.1) is 5.69 Å². The van der Waals surface area contributed by atoms with Gasteiger partial charge < -0.3 is 15.7 Å². The standard InChI is InChI=1S/C13H16BrClN2O3/c1-3-7(2)11(12(18)19)17-13(20)16-10-5-4-8(15)6-9(10)14/h4-7,11H,3H2,1-2H3,(H,18,19)(H2,16,17,20)/t7-,11-/m0/s1. The molecule has 1 aromatic rings. The van der Waals surface area contributed by atoms with Crippen molar-refractivity contribution in [1.29, 1.82) is 0 Å². The number of carbonyl (C=O) groups is 2. The summed E-state index contributed by atoms with van der Waals surface area (Å²) < 4.78 is 0.621. The largest absolute Gasteiger partial charge is 0.480 e. The van der Waals surface area contributed by atoms with Crippen molar-refractivity contribution in [3.63, 3.8) is 0 Å². The van der Waals surface area contributed by atoms with E-state index in [2.05, 4.69) is 26.6 Å². The first kappa shape index (κ1) is 16.8. The predicted octanol–water partition coefficient (Wildman–Crippen LogP) is 3.72. The van der Waals surface area contributed by atoms with E-state index >= 15 is 0 Å². The van der Waals surface area contributed by atoms with Crippen LogP contribution < -0.4 is 10.6 Å². The SMILES string of the molecule is CC[C@H](C)[C@H](NC(=O)Nc1ccc(Cl)cc1Br)C(=O)O. The molecule has 2 atom stereocenters. The van der Waals surface area contributed by atoms with Gasteiger partial charge in [-0.3, -0.25) is 0 Å². The van der Waals surface area contributed by atoms with Gasteiger partial charge >= 0.3 is 12.0 Å². The summed E-state index contributed by atoms with van der Waals surface area (Å²) in [6, 6.07) is 3.41. The predicted molar refractivity (Wildman–Crippen MR) is 82.2 cm³/mol. The number of urea groups is 1. The summed E-state index contributed by atoms with van der Waals surface area (Å²) in [5, 5.41) is 14.7. The number of carboxylic acid groups (broad SMARTS) is 1. The van der Waals surface area contributed by atoms with E-state index in [0.717, 1.165) is 0 Å². The maximum absolute atomic E-state index is 11.8. The smallest absolute Gasteiger partial charge is 0.326 e. The van der Waals surface area contributed by atoms with Crippen molar-refractivity contribution in [3.05, 3.63) is 27.7 Å². The summed E-state index contributed by atoms with van der Waals surface area (Å²) in [6.45, 7) is 3.65. The molecule has 3 N–H and O–H groups in total. The molecule has 110 valence electrons. The fourth-order valence-electron chi connectivity index (χ4n) is 1.57. The number of nitrogens with one attached hydrogen (secondary N) is 2. The van der Waals surface area contributed by atoms with Gasteiger partial charge in [0.1, 0.15) is 6.04 Å². The summed E-state index contributed by atoms with van der Waals surface area (Å²) >= 11 is 9.07. The Balaban J connectivity index is 2.73. The highest BCUT2D eigenvalue weighted by Crippen LogP contribution is 2.25. The molecular formula is C13H16BrClN2O3. The minimum Gasteiger partial charge on any atom is -0.480 e. The molecule has 0 heterocycles. The second-order valence-corrected chi connectivity index (χ2v) is 5.71. The van der Waals surface area contributed by atoms with Gasteiger partial charge in [-0.2, -0.15) is 0 Å². The Morgan fingerprint density at radius 1 is 1.45 bits per heavy atom. The normalized spacial score (nSPS) is 13.4. The maximum atomic E-state index is 11.8. The van der Waals surface area contributed by atoms with Crippen molar-refractivity contribution in [2.75, 3.05) is 5.32 Å². The van der Waals surface area contributed by atoms with Crippen LogP contribution in [0.15, 0.2) is 22.7 Å². The molecule has 0 aliphatic carbocycles. The highest BCUT2D eigenvalue weighted by atomic mass is 79.9. The molecule has 2 amide bonds. The molecule has 20 heavy (non-hydrogen) atoms. The van der Waals surface area contributed by atoms with Gasteiger partial charge in [0.2, 0.25) is 0 Å². The first-order valence-corrected chi connectivity index (χ1v) is 7.27. The average molecular weight is 364 g/mol. The van der Waals surface area contributed by atoms with Crippen molar-refractivity contribution in [2.24, 2.45) is 5.92 Å². The third-order valence-corrected chi connectivity index (χ3v) is 3.84. The maximum Gasteiger partial charge on any atom is 0.326 e. The van der Waals surface area contributed by atoms with E-state index in [1.165, 1.54) is 0 Å². The number of hydrogen-bond acceptors (Lipinski definition) is 2. The van der Waals surface area contributed by atoms with Crippen LogP contribution in [-0.2, 0) is 4.79 Å². The van der Waals surface area contributed by atoms with Gasteiger partial charge in [-0.15, -0.1) is 0 Å². The number of carbonyl (C=O) groups excluding carboxylic acids is 1. The summed E-state index contributed by atoms with van der Waals surface area (Å²) in [5.74, 6) is -1.21. The Hall–Kier alpha value is -1.27. The molecule has 0 radical (unpaired) electrons. The van der Waals surface area contributed by atoms with Crippen LogP contribution in [0.25, 0.3) is 0 Å². The molecule has 5 nitrogen and oxygen atoms in total. The summed E-state index contributed by atoms with van der Waals surface area (Å²) in [6.07, 6.45) is 0.655. The second kappa shape index (κ2) is 7.50. The number of amides is 2. The number of aliphatic carboxylic acids is 1.